The van der Waals surface area contributed by atoms with Gasteiger partial charge in [0.1, 0.15) is 0 Å². The summed E-state index contributed by atoms with van der Waals surface area (Å²) in [5.41, 5.74) is 0.765. The third kappa shape index (κ3) is 3.43. The number of aliphatic carboxylic acids is 1. The number of nitriles is 1. The number of hydrogen-bond donors (Lipinski definition) is 2. The summed E-state index contributed by atoms with van der Waals surface area (Å²) in [4.78, 5) is 11.5. The monoisotopic (exact) mass is 478 g/mol. The van der Waals surface area contributed by atoms with Gasteiger partial charge in [-0.05, 0) is 48.6 Å². The molecule has 0 spiro atoms. The normalized spacial score (nSPS) is 20.1. The number of alkyl halides is 1. The van der Waals surface area contributed by atoms with Crippen LogP contribution in [-0.2, 0) is 10.2 Å². The van der Waals surface area contributed by atoms with Crippen molar-refractivity contribution in [2.24, 2.45) is 0 Å². The molecule has 1 aliphatic carbocycles. The molecule has 9 heteroatoms. The number of carboxylic acids is 1. The second-order valence-electron chi connectivity index (χ2n) is 9.84. The van der Waals surface area contributed by atoms with Crippen LogP contribution in [0.4, 0.5) is 8.78 Å². The highest BCUT2D eigenvalue weighted by atomic mass is 19.1. The number of fused-ring (bicyclic) bond motifs is 2. The van der Waals surface area contributed by atoms with E-state index in [-0.39, 0.29) is 30.9 Å². The molecule has 1 aliphatic rings. The molecule has 0 saturated heterocycles. The fourth-order valence-electron chi connectivity index (χ4n) is 5.27. The average molecular weight is 478 g/mol. The lowest BCUT2D eigenvalue weighted by Gasteiger charge is -2.40. The number of hydrogen-bond acceptors (Lipinski definition) is 4. The number of nitrogens with one attached hydrogen (secondary N) is 1. The van der Waals surface area contributed by atoms with E-state index in [0.29, 0.717) is 5.69 Å². The molecule has 4 aromatic rings. The summed E-state index contributed by atoms with van der Waals surface area (Å²) in [6, 6.07) is 10.6. The van der Waals surface area contributed by atoms with Gasteiger partial charge in [0, 0.05) is 40.1 Å². The van der Waals surface area contributed by atoms with Crippen molar-refractivity contribution < 1.29 is 23.4 Å². The molecule has 0 amide bonds. The van der Waals surface area contributed by atoms with Crippen LogP contribution < -0.4 is 4.74 Å². The van der Waals surface area contributed by atoms with E-state index >= 15 is 0 Å². The molecular formula is C26H24F2N4O3. The van der Waals surface area contributed by atoms with Crippen molar-refractivity contribution in [3.05, 3.63) is 53.6 Å². The Morgan fingerprint density at radius 2 is 2.11 bits per heavy atom. The number of benzene rings is 2. The number of carbonyl (C=O) groups is 1. The first kappa shape index (κ1) is 22.8. The molecule has 180 valence electrons. The smallest absolute Gasteiger partial charge is 0.341 e. The molecule has 2 aromatic heterocycles. The van der Waals surface area contributed by atoms with E-state index in [1.54, 1.807) is 18.3 Å². The van der Waals surface area contributed by atoms with Crippen molar-refractivity contribution in [2.45, 2.75) is 50.1 Å². The highest BCUT2D eigenvalue weighted by Gasteiger charge is 2.53. The molecule has 5 rings (SSSR count). The van der Waals surface area contributed by atoms with Gasteiger partial charge >= 0.3 is 5.97 Å². The number of H-pyrrole nitrogens is 1. The van der Waals surface area contributed by atoms with Crippen LogP contribution in [0.25, 0.3) is 27.5 Å². The van der Waals surface area contributed by atoms with E-state index in [4.69, 9.17) is 4.74 Å². The summed E-state index contributed by atoms with van der Waals surface area (Å²) in [7, 11) is 1.39. The number of halogens is 2. The average Bonchev–Trinajstić information content (AvgIpc) is 3.37. The van der Waals surface area contributed by atoms with Crippen LogP contribution in [0.15, 0.2) is 36.5 Å². The summed E-state index contributed by atoms with van der Waals surface area (Å²) < 4.78 is 36.4. The number of carboxylic acid groups (broad SMARTS) is 1. The van der Waals surface area contributed by atoms with E-state index in [9.17, 15) is 23.9 Å². The molecule has 1 saturated carbocycles. The Kier molecular flexibility index (Phi) is 5.09. The third-order valence-electron chi connectivity index (χ3n) is 7.05. The van der Waals surface area contributed by atoms with Gasteiger partial charge in [0.05, 0.1) is 30.4 Å². The second kappa shape index (κ2) is 7.80. The minimum Gasteiger partial charge on any atom is -0.494 e. The Morgan fingerprint density at radius 1 is 1.37 bits per heavy atom. The Bertz CT molecular complexity index is 1520. The predicted molar refractivity (Wildman–Crippen MR) is 126 cm³/mol. The lowest BCUT2D eigenvalue weighted by Crippen LogP contribution is -2.46. The van der Waals surface area contributed by atoms with Gasteiger partial charge in [-0.15, -0.1) is 0 Å². The summed E-state index contributed by atoms with van der Waals surface area (Å²) in [5, 5.41) is 27.7. The van der Waals surface area contributed by atoms with Gasteiger partial charge in [-0.25, -0.2) is 13.6 Å². The lowest BCUT2D eigenvalue weighted by molar-refractivity contribution is -0.158. The van der Waals surface area contributed by atoms with Crippen molar-refractivity contribution in [3.63, 3.8) is 0 Å². The van der Waals surface area contributed by atoms with Crippen LogP contribution in [0.2, 0.25) is 0 Å². The molecule has 1 fully saturated rings. The first-order valence-electron chi connectivity index (χ1n) is 11.2. The van der Waals surface area contributed by atoms with Gasteiger partial charge in [0.25, 0.3) is 0 Å². The first-order chi connectivity index (χ1) is 16.6. The molecule has 2 heterocycles. The number of rotatable bonds is 6. The van der Waals surface area contributed by atoms with Gasteiger partial charge in [-0.3, -0.25) is 5.10 Å². The minimum absolute atomic E-state index is 0.0663. The SMILES string of the molecule is COc1cc(-n2c(C(C)(C)CC#N)c([C@H]3C[C@](F)(C(=O)O)C3)c3cc4[nH]ncc4cc32)ccc1F. The van der Waals surface area contributed by atoms with Crippen molar-refractivity contribution >= 4 is 27.8 Å². The van der Waals surface area contributed by atoms with Crippen LogP contribution in [-0.4, -0.2) is 38.6 Å². The van der Waals surface area contributed by atoms with Gasteiger partial charge in [-0.1, -0.05) is 13.8 Å². The van der Waals surface area contributed by atoms with Crippen molar-refractivity contribution in [1.29, 1.82) is 5.26 Å². The van der Waals surface area contributed by atoms with Gasteiger partial charge in [-0.2, -0.15) is 10.4 Å². The molecule has 2 N–H and O–H groups in total. The predicted octanol–water partition coefficient (Wildman–Crippen LogP) is 5.52. The molecule has 7 nitrogen and oxygen atoms in total. The molecule has 35 heavy (non-hydrogen) atoms. The topological polar surface area (TPSA) is 104 Å². The largest absolute Gasteiger partial charge is 0.494 e. The second-order valence-corrected chi connectivity index (χ2v) is 9.84. The Hall–Kier alpha value is -3.93. The van der Waals surface area contributed by atoms with Gasteiger partial charge < -0.3 is 14.4 Å². The fraction of sp³-hybridized carbons (Fsp3) is 0.346. The van der Waals surface area contributed by atoms with E-state index in [1.165, 1.54) is 13.2 Å². The Morgan fingerprint density at radius 3 is 2.77 bits per heavy atom. The van der Waals surface area contributed by atoms with Crippen LogP contribution in [0.5, 0.6) is 5.75 Å². The first-order valence-corrected chi connectivity index (χ1v) is 11.2. The summed E-state index contributed by atoms with van der Waals surface area (Å²) >= 11 is 0. The zero-order chi connectivity index (χ0) is 25.1. The van der Waals surface area contributed by atoms with Crippen molar-refractivity contribution in [3.8, 4) is 17.5 Å². The maximum atomic E-state index is 14.9. The molecule has 0 radical (unpaired) electrons. The summed E-state index contributed by atoms with van der Waals surface area (Å²) in [5.74, 6) is -2.27. The zero-order valence-corrected chi connectivity index (χ0v) is 19.5. The molecule has 0 atom stereocenters. The van der Waals surface area contributed by atoms with Gasteiger partial charge in [0.2, 0.25) is 5.67 Å². The van der Waals surface area contributed by atoms with E-state index in [0.717, 1.165) is 33.1 Å². The van der Waals surface area contributed by atoms with Crippen LogP contribution in [0.3, 0.4) is 0 Å². The van der Waals surface area contributed by atoms with Crippen molar-refractivity contribution in [1.82, 2.24) is 14.8 Å². The standard InChI is InChI=1S/C26H24F2N4O3/c1-25(2,6-7-29)23-22(15-11-26(28,12-15)24(33)34)17-10-19-14(13-30-31-19)8-20(17)32(23)16-4-5-18(27)21(9-16)35-3/h4-5,8-10,13,15H,6,11-12H2,1-3H3,(H,30,31)(H,33,34)/t15-,26+. The Labute approximate surface area is 199 Å². The molecule has 0 aliphatic heterocycles. The molecule has 0 bridgehead atoms. The molecular weight excluding hydrogens is 454 g/mol. The van der Waals surface area contributed by atoms with Crippen LogP contribution in [0, 0.1) is 17.1 Å². The van der Waals surface area contributed by atoms with E-state index < -0.39 is 22.9 Å². The fourth-order valence-corrected chi connectivity index (χ4v) is 5.27. The number of methoxy groups -OCH3 is 1. The summed E-state index contributed by atoms with van der Waals surface area (Å²) in [6.45, 7) is 3.86. The lowest BCUT2D eigenvalue weighted by atomic mass is 9.66. The number of aromatic amines is 1. The Balaban J connectivity index is 1.87. The maximum absolute atomic E-state index is 14.9. The highest BCUT2D eigenvalue weighted by molar-refractivity contribution is 5.99. The number of aromatic nitrogens is 3. The molecule has 2 aromatic carbocycles. The number of nitrogens with zero attached hydrogens (tertiary/aromatic N) is 3. The zero-order valence-electron chi connectivity index (χ0n) is 19.5. The maximum Gasteiger partial charge on any atom is 0.341 e. The minimum atomic E-state index is -2.28. The van der Waals surface area contributed by atoms with Crippen molar-refractivity contribution in [2.75, 3.05) is 7.11 Å². The summed E-state index contributed by atoms with van der Waals surface area (Å²) in [6.07, 6.45) is 1.54. The van der Waals surface area contributed by atoms with Crippen LogP contribution in [0.1, 0.15) is 50.3 Å². The van der Waals surface area contributed by atoms with Gasteiger partial charge in [0.15, 0.2) is 11.6 Å². The van der Waals surface area contributed by atoms with E-state index in [2.05, 4.69) is 16.3 Å². The van der Waals surface area contributed by atoms with Crippen LogP contribution >= 0.6 is 0 Å². The quantitative estimate of drug-likeness (QED) is 0.380. The van der Waals surface area contributed by atoms with E-state index in [1.807, 2.05) is 30.5 Å². The third-order valence-corrected chi connectivity index (χ3v) is 7.05. The highest BCUT2D eigenvalue weighted by Crippen LogP contribution is 2.53. The molecule has 0 unspecified atom stereocenters. The number of ether oxygens (including phenoxy) is 1.